The molecule has 2 fully saturated rings. The highest BCUT2D eigenvalue weighted by atomic mass is 16.5. The van der Waals surface area contributed by atoms with Crippen molar-refractivity contribution in [2.45, 2.75) is 18.4 Å². The normalized spacial score (nSPS) is 24.6. The lowest BCUT2D eigenvalue weighted by atomic mass is 10.3. The summed E-state index contributed by atoms with van der Waals surface area (Å²) in [6.07, 6.45) is 2.33. The fraction of sp³-hybridized carbons (Fsp3) is 0.889. The molecule has 0 bridgehead atoms. The molecule has 2 aliphatic rings. The van der Waals surface area contributed by atoms with Crippen molar-refractivity contribution < 1.29 is 9.53 Å². The highest BCUT2D eigenvalue weighted by Gasteiger charge is 2.55. The van der Waals surface area contributed by atoms with E-state index in [1.165, 1.54) is 12.8 Å². The summed E-state index contributed by atoms with van der Waals surface area (Å²) in [5.41, 5.74) is 0.199. The molecule has 1 heterocycles. The lowest BCUT2D eigenvalue weighted by Gasteiger charge is -2.15. The minimum Gasteiger partial charge on any atom is -0.383 e. The molecule has 74 valence electrons. The average Bonchev–Trinajstić information content (AvgIpc) is 2.86. The van der Waals surface area contributed by atoms with Crippen LogP contribution in [0.15, 0.2) is 0 Å². The quantitative estimate of drug-likeness (QED) is 0.641. The molecule has 0 N–H and O–H groups in total. The standard InChI is InChI=1S/C9H16N2O2/c1-10-8(12)11(5-6-13-2)7-9(10)3-4-9/h3-7H2,1-2H3. The van der Waals surface area contributed by atoms with Crippen LogP contribution in [0.25, 0.3) is 0 Å². The van der Waals surface area contributed by atoms with Gasteiger partial charge in [0.1, 0.15) is 0 Å². The van der Waals surface area contributed by atoms with Crippen LogP contribution in [0.2, 0.25) is 0 Å². The van der Waals surface area contributed by atoms with Crippen molar-refractivity contribution in [1.29, 1.82) is 0 Å². The van der Waals surface area contributed by atoms with E-state index in [1.54, 1.807) is 7.11 Å². The molecule has 0 aromatic rings. The molecule has 0 aromatic heterocycles. The van der Waals surface area contributed by atoms with Crippen molar-refractivity contribution in [2.24, 2.45) is 0 Å². The van der Waals surface area contributed by atoms with E-state index < -0.39 is 0 Å². The summed E-state index contributed by atoms with van der Waals surface area (Å²) in [7, 11) is 3.57. The number of carbonyl (C=O) groups is 1. The van der Waals surface area contributed by atoms with Gasteiger partial charge in [-0.3, -0.25) is 0 Å². The highest BCUT2D eigenvalue weighted by Crippen LogP contribution is 2.45. The number of likely N-dealkylation sites (N-methyl/N-ethyl adjacent to an activating group) is 1. The SMILES string of the molecule is COCCN1CC2(CC2)N(C)C1=O. The zero-order valence-corrected chi connectivity index (χ0v) is 8.25. The highest BCUT2D eigenvalue weighted by molar-refractivity contribution is 5.78. The van der Waals surface area contributed by atoms with E-state index in [2.05, 4.69) is 0 Å². The molecule has 0 atom stereocenters. The smallest absolute Gasteiger partial charge is 0.320 e. The van der Waals surface area contributed by atoms with Crippen molar-refractivity contribution in [3.8, 4) is 0 Å². The average molecular weight is 184 g/mol. The van der Waals surface area contributed by atoms with Crippen LogP contribution < -0.4 is 0 Å². The van der Waals surface area contributed by atoms with E-state index >= 15 is 0 Å². The molecule has 0 unspecified atom stereocenters. The summed E-state index contributed by atoms with van der Waals surface area (Å²) in [5, 5.41) is 0. The van der Waals surface area contributed by atoms with E-state index in [9.17, 15) is 4.79 Å². The Hall–Kier alpha value is -0.770. The van der Waals surface area contributed by atoms with Crippen LogP contribution in [0.5, 0.6) is 0 Å². The van der Waals surface area contributed by atoms with Crippen LogP contribution in [0.1, 0.15) is 12.8 Å². The second kappa shape index (κ2) is 2.87. The molecule has 1 spiro atoms. The van der Waals surface area contributed by atoms with Gasteiger partial charge in [-0.1, -0.05) is 0 Å². The van der Waals surface area contributed by atoms with Crippen molar-refractivity contribution in [3.05, 3.63) is 0 Å². The first-order chi connectivity index (χ1) is 6.19. The number of hydrogen-bond acceptors (Lipinski definition) is 2. The Bertz CT molecular complexity index is 226. The first kappa shape index (κ1) is 8.81. The Balaban J connectivity index is 1.96. The van der Waals surface area contributed by atoms with E-state index in [1.807, 2.05) is 16.8 Å². The van der Waals surface area contributed by atoms with Crippen molar-refractivity contribution in [2.75, 3.05) is 33.9 Å². The predicted octanol–water partition coefficient (Wildman–Crippen LogP) is 0.533. The third-order valence-electron chi connectivity index (χ3n) is 3.15. The Morgan fingerprint density at radius 1 is 1.54 bits per heavy atom. The van der Waals surface area contributed by atoms with E-state index in [0.29, 0.717) is 6.61 Å². The van der Waals surface area contributed by atoms with Gasteiger partial charge in [0.25, 0.3) is 0 Å². The third kappa shape index (κ3) is 1.29. The molecule has 1 aliphatic heterocycles. The zero-order valence-electron chi connectivity index (χ0n) is 8.25. The lowest BCUT2D eigenvalue weighted by Crippen LogP contribution is -2.33. The van der Waals surface area contributed by atoms with Crippen LogP contribution in [0, 0.1) is 0 Å². The van der Waals surface area contributed by atoms with Gasteiger partial charge >= 0.3 is 6.03 Å². The number of nitrogens with zero attached hydrogens (tertiary/aromatic N) is 2. The minimum atomic E-state index is 0.162. The molecule has 1 saturated heterocycles. The Kier molecular flexibility index (Phi) is 1.95. The molecule has 4 heteroatoms. The lowest BCUT2D eigenvalue weighted by molar-refractivity contribution is 0.156. The zero-order chi connectivity index (χ0) is 9.47. The van der Waals surface area contributed by atoms with Gasteiger partial charge in [-0.05, 0) is 12.8 Å². The third-order valence-corrected chi connectivity index (χ3v) is 3.15. The Morgan fingerprint density at radius 3 is 2.69 bits per heavy atom. The molecular weight excluding hydrogens is 168 g/mol. The number of methoxy groups -OCH3 is 1. The summed E-state index contributed by atoms with van der Waals surface area (Å²) in [5.74, 6) is 0. The summed E-state index contributed by atoms with van der Waals surface area (Å²) < 4.78 is 4.96. The van der Waals surface area contributed by atoms with Crippen molar-refractivity contribution >= 4 is 6.03 Å². The molecule has 0 aromatic carbocycles. The maximum Gasteiger partial charge on any atom is 0.320 e. The molecule has 13 heavy (non-hydrogen) atoms. The van der Waals surface area contributed by atoms with Gasteiger partial charge in [0.15, 0.2) is 0 Å². The second-order valence-electron chi connectivity index (χ2n) is 3.98. The van der Waals surface area contributed by atoms with Gasteiger partial charge in [0, 0.05) is 27.2 Å². The first-order valence-corrected chi connectivity index (χ1v) is 4.71. The van der Waals surface area contributed by atoms with Crippen molar-refractivity contribution in [1.82, 2.24) is 9.80 Å². The van der Waals surface area contributed by atoms with Gasteiger partial charge in [-0.15, -0.1) is 0 Å². The Labute approximate surface area is 78.4 Å². The van der Waals surface area contributed by atoms with E-state index in [4.69, 9.17) is 4.74 Å². The van der Waals surface area contributed by atoms with Gasteiger partial charge in [-0.2, -0.15) is 0 Å². The van der Waals surface area contributed by atoms with Crippen LogP contribution in [0.3, 0.4) is 0 Å². The maximum atomic E-state index is 11.7. The number of rotatable bonds is 3. The summed E-state index contributed by atoms with van der Waals surface area (Å²) in [4.78, 5) is 15.4. The van der Waals surface area contributed by atoms with E-state index in [0.717, 1.165) is 13.1 Å². The Morgan fingerprint density at radius 2 is 2.23 bits per heavy atom. The molecule has 4 nitrogen and oxygen atoms in total. The number of amides is 2. The number of hydrogen-bond donors (Lipinski definition) is 0. The van der Waals surface area contributed by atoms with Crippen LogP contribution >= 0.6 is 0 Å². The van der Waals surface area contributed by atoms with Gasteiger partial charge in [0.2, 0.25) is 0 Å². The summed E-state index contributed by atoms with van der Waals surface area (Å²) >= 11 is 0. The molecule has 1 aliphatic carbocycles. The van der Waals surface area contributed by atoms with Crippen LogP contribution in [-0.4, -0.2) is 55.2 Å². The van der Waals surface area contributed by atoms with E-state index in [-0.39, 0.29) is 11.6 Å². The maximum absolute atomic E-state index is 11.7. The first-order valence-electron chi connectivity index (χ1n) is 4.71. The minimum absolute atomic E-state index is 0.162. The largest absolute Gasteiger partial charge is 0.383 e. The fourth-order valence-electron chi connectivity index (χ4n) is 1.96. The number of ether oxygens (including phenoxy) is 1. The van der Waals surface area contributed by atoms with Crippen LogP contribution in [-0.2, 0) is 4.74 Å². The van der Waals surface area contributed by atoms with Crippen LogP contribution in [0.4, 0.5) is 4.79 Å². The number of urea groups is 1. The van der Waals surface area contributed by atoms with Crippen molar-refractivity contribution in [3.63, 3.8) is 0 Å². The van der Waals surface area contributed by atoms with Gasteiger partial charge < -0.3 is 14.5 Å². The number of carbonyl (C=O) groups excluding carboxylic acids is 1. The topological polar surface area (TPSA) is 32.8 Å². The monoisotopic (exact) mass is 184 g/mol. The van der Waals surface area contributed by atoms with Gasteiger partial charge in [-0.25, -0.2) is 4.79 Å². The molecule has 2 rings (SSSR count). The fourth-order valence-corrected chi connectivity index (χ4v) is 1.96. The van der Waals surface area contributed by atoms with Gasteiger partial charge in [0.05, 0.1) is 12.1 Å². The summed E-state index contributed by atoms with van der Waals surface area (Å²) in [6, 6.07) is 0.162. The molecule has 2 amide bonds. The predicted molar refractivity (Wildman–Crippen MR) is 48.6 cm³/mol. The molecular formula is C9H16N2O2. The molecule has 0 radical (unpaired) electrons. The summed E-state index contributed by atoms with van der Waals surface area (Å²) in [6.45, 7) is 2.25. The molecule has 1 saturated carbocycles. The second-order valence-corrected chi connectivity index (χ2v) is 3.98.